The lowest BCUT2D eigenvalue weighted by atomic mass is 10.0. The molecule has 0 saturated heterocycles. The number of hydrogen-bond acceptors (Lipinski definition) is 2. The van der Waals surface area contributed by atoms with Gasteiger partial charge in [-0.05, 0) is 69.8 Å². The molecule has 0 aliphatic carbocycles. The molecule has 114 valence electrons. The fourth-order valence-electron chi connectivity index (χ4n) is 1.98. The summed E-state index contributed by atoms with van der Waals surface area (Å²) < 4.78 is 5.90. The Bertz CT molecular complexity index is 435. The molecule has 0 bridgehead atoms. The van der Waals surface area contributed by atoms with Gasteiger partial charge in [-0.3, -0.25) is 0 Å². The molecule has 1 N–H and O–H groups in total. The molecule has 0 amide bonds. The van der Waals surface area contributed by atoms with Crippen molar-refractivity contribution in [2.45, 2.75) is 59.4 Å². The smallest absolute Gasteiger partial charge is 0.122 e. The molecule has 0 fully saturated rings. The second kappa shape index (κ2) is 7.33. The highest BCUT2D eigenvalue weighted by atomic mass is 35.5. The van der Waals surface area contributed by atoms with Gasteiger partial charge < -0.3 is 10.1 Å². The summed E-state index contributed by atoms with van der Waals surface area (Å²) >= 11 is 6.26. The van der Waals surface area contributed by atoms with Gasteiger partial charge in [0.2, 0.25) is 0 Å². The molecule has 0 saturated carbocycles. The molecule has 1 rings (SSSR count). The van der Waals surface area contributed by atoms with Crippen LogP contribution in [0.15, 0.2) is 12.1 Å². The van der Waals surface area contributed by atoms with Crippen LogP contribution in [0, 0.1) is 6.92 Å². The van der Waals surface area contributed by atoms with E-state index in [1.165, 1.54) is 0 Å². The SMILES string of the molecule is Cc1cc(Cl)c(C(C)C)cc1OCCCNC(C)(C)C. The molecule has 0 radical (unpaired) electrons. The number of benzene rings is 1. The summed E-state index contributed by atoms with van der Waals surface area (Å²) in [6.07, 6.45) is 0.996. The lowest BCUT2D eigenvalue weighted by Crippen LogP contribution is -2.36. The van der Waals surface area contributed by atoms with Crippen LogP contribution in [0.1, 0.15) is 58.1 Å². The zero-order valence-corrected chi connectivity index (χ0v) is 14.4. The first-order valence-electron chi connectivity index (χ1n) is 7.38. The van der Waals surface area contributed by atoms with Gasteiger partial charge in [-0.1, -0.05) is 25.4 Å². The number of rotatable bonds is 6. The van der Waals surface area contributed by atoms with Crippen molar-refractivity contribution in [2.75, 3.05) is 13.2 Å². The molecule has 0 aromatic heterocycles. The minimum atomic E-state index is 0.168. The van der Waals surface area contributed by atoms with Crippen LogP contribution < -0.4 is 10.1 Å². The molecule has 0 aliphatic heterocycles. The fourth-order valence-corrected chi connectivity index (χ4v) is 2.42. The molecular weight excluding hydrogens is 270 g/mol. The van der Waals surface area contributed by atoms with E-state index in [0.717, 1.165) is 41.5 Å². The summed E-state index contributed by atoms with van der Waals surface area (Å²) in [6.45, 7) is 14.5. The van der Waals surface area contributed by atoms with Gasteiger partial charge in [-0.2, -0.15) is 0 Å². The molecule has 0 heterocycles. The van der Waals surface area contributed by atoms with Gasteiger partial charge in [0.25, 0.3) is 0 Å². The van der Waals surface area contributed by atoms with Crippen molar-refractivity contribution in [3.05, 3.63) is 28.3 Å². The van der Waals surface area contributed by atoms with E-state index in [1.54, 1.807) is 0 Å². The third kappa shape index (κ3) is 5.72. The van der Waals surface area contributed by atoms with Crippen molar-refractivity contribution in [3.63, 3.8) is 0 Å². The van der Waals surface area contributed by atoms with Gasteiger partial charge in [0.05, 0.1) is 6.61 Å². The van der Waals surface area contributed by atoms with Crippen molar-refractivity contribution in [1.82, 2.24) is 5.32 Å². The molecule has 2 nitrogen and oxygen atoms in total. The summed E-state index contributed by atoms with van der Waals surface area (Å²) in [6, 6.07) is 4.08. The van der Waals surface area contributed by atoms with Crippen LogP contribution >= 0.6 is 11.6 Å². The maximum atomic E-state index is 6.26. The topological polar surface area (TPSA) is 21.3 Å². The van der Waals surface area contributed by atoms with E-state index in [-0.39, 0.29) is 5.54 Å². The molecule has 3 heteroatoms. The number of halogens is 1. The van der Waals surface area contributed by atoms with Gasteiger partial charge in [-0.15, -0.1) is 0 Å². The maximum Gasteiger partial charge on any atom is 0.122 e. The number of hydrogen-bond donors (Lipinski definition) is 1. The molecule has 0 aliphatic rings. The Kier molecular flexibility index (Phi) is 6.35. The van der Waals surface area contributed by atoms with E-state index >= 15 is 0 Å². The average Bonchev–Trinajstić information content (AvgIpc) is 2.29. The lowest BCUT2D eigenvalue weighted by Gasteiger charge is -2.20. The molecule has 1 aromatic rings. The first-order valence-corrected chi connectivity index (χ1v) is 7.76. The van der Waals surface area contributed by atoms with E-state index in [0.29, 0.717) is 5.92 Å². The van der Waals surface area contributed by atoms with Crippen molar-refractivity contribution in [2.24, 2.45) is 0 Å². The minimum absolute atomic E-state index is 0.168. The predicted molar refractivity (Wildman–Crippen MR) is 88.1 cm³/mol. The third-order valence-electron chi connectivity index (χ3n) is 3.15. The molecule has 1 aromatic carbocycles. The number of ether oxygens (including phenoxy) is 1. The summed E-state index contributed by atoms with van der Waals surface area (Å²) in [5.74, 6) is 1.36. The predicted octanol–water partition coefficient (Wildman–Crippen LogP) is 4.93. The van der Waals surface area contributed by atoms with Crippen LogP contribution in [0.5, 0.6) is 5.75 Å². The Hall–Kier alpha value is -0.730. The van der Waals surface area contributed by atoms with Gasteiger partial charge in [0.1, 0.15) is 5.75 Å². The monoisotopic (exact) mass is 297 g/mol. The van der Waals surface area contributed by atoms with E-state index in [2.05, 4.69) is 46.0 Å². The van der Waals surface area contributed by atoms with E-state index in [1.807, 2.05) is 13.0 Å². The van der Waals surface area contributed by atoms with E-state index in [4.69, 9.17) is 16.3 Å². The van der Waals surface area contributed by atoms with Crippen LogP contribution in [0.25, 0.3) is 0 Å². The van der Waals surface area contributed by atoms with Gasteiger partial charge in [0, 0.05) is 10.6 Å². The third-order valence-corrected chi connectivity index (χ3v) is 3.48. The van der Waals surface area contributed by atoms with E-state index in [9.17, 15) is 0 Å². The Labute approximate surface area is 128 Å². The van der Waals surface area contributed by atoms with Crippen LogP contribution in [0.2, 0.25) is 5.02 Å². The highest BCUT2D eigenvalue weighted by molar-refractivity contribution is 6.31. The van der Waals surface area contributed by atoms with Gasteiger partial charge >= 0.3 is 0 Å². The Balaban J connectivity index is 2.54. The fraction of sp³-hybridized carbons (Fsp3) is 0.647. The molecule has 20 heavy (non-hydrogen) atoms. The lowest BCUT2D eigenvalue weighted by molar-refractivity contribution is 0.296. The van der Waals surface area contributed by atoms with Crippen LogP contribution in [-0.2, 0) is 0 Å². The molecule has 0 unspecified atom stereocenters. The van der Waals surface area contributed by atoms with Crippen LogP contribution in [0.4, 0.5) is 0 Å². The molecule has 0 spiro atoms. The number of aryl methyl sites for hydroxylation is 1. The normalized spacial score (nSPS) is 12.0. The summed E-state index contributed by atoms with van der Waals surface area (Å²) in [5.41, 5.74) is 2.42. The minimum Gasteiger partial charge on any atom is -0.493 e. The molecule has 0 atom stereocenters. The van der Waals surface area contributed by atoms with Gasteiger partial charge in [0.15, 0.2) is 0 Å². The first-order chi connectivity index (χ1) is 9.20. The average molecular weight is 298 g/mol. The summed E-state index contributed by atoms with van der Waals surface area (Å²) in [4.78, 5) is 0. The van der Waals surface area contributed by atoms with Crippen molar-refractivity contribution >= 4 is 11.6 Å². The Morgan fingerprint density at radius 3 is 2.45 bits per heavy atom. The molecular formula is C17H28ClNO. The standard InChI is InChI=1S/C17H28ClNO/c1-12(2)14-11-16(13(3)10-15(14)18)20-9-7-8-19-17(4,5)6/h10-12,19H,7-9H2,1-6H3. The number of nitrogens with one attached hydrogen (secondary N) is 1. The first kappa shape index (κ1) is 17.3. The second-order valence-corrected chi connectivity index (χ2v) is 7.08. The second-order valence-electron chi connectivity index (χ2n) is 6.67. The highest BCUT2D eigenvalue weighted by Gasteiger charge is 2.10. The zero-order valence-electron chi connectivity index (χ0n) is 13.6. The zero-order chi connectivity index (χ0) is 15.3. The van der Waals surface area contributed by atoms with Crippen LogP contribution in [-0.4, -0.2) is 18.7 Å². The Morgan fingerprint density at radius 2 is 1.90 bits per heavy atom. The van der Waals surface area contributed by atoms with Gasteiger partial charge in [-0.25, -0.2) is 0 Å². The van der Waals surface area contributed by atoms with Crippen molar-refractivity contribution in [3.8, 4) is 5.75 Å². The summed E-state index contributed by atoms with van der Waals surface area (Å²) in [7, 11) is 0. The quantitative estimate of drug-likeness (QED) is 0.752. The van der Waals surface area contributed by atoms with Crippen molar-refractivity contribution in [1.29, 1.82) is 0 Å². The largest absolute Gasteiger partial charge is 0.493 e. The maximum absolute atomic E-state index is 6.26. The van der Waals surface area contributed by atoms with E-state index < -0.39 is 0 Å². The van der Waals surface area contributed by atoms with Crippen molar-refractivity contribution < 1.29 is 4.74 Å². The Morgan fingerprint density at radius 1 is 1.25 bits per heavy atom. The highest BCUT2D eigenvalue weighted by Crippen LogP contribution is 2.31. The summed E-state index contributed by atoms with van der Waals surface area (Å²) in [5, 5.41) is 4.29. The van der Waals surface area contributed by atoms with Crippen LogP contribution in [0.3, 0.4) is 0 Å².